The molecule has 96 valence electrons. The van der Waals surface area contributed by atoms with Crippen molar-refractivity contribution in [3.63, 3.8) is 0 Å². The van der Waals surface area contributed by atoms with E-state index in [1.807, 2.05) is 48.5 Å². The number of nitrogens with two attached hydrogens (primary N) is 1. The van der Waals surface area contributed by atoms with Crippen LogP contribution in [0.4, 0.5) is 0 Å². The number of rotatable bonds is 3. The van der Waals surface area contributed by atoms with Gasteiger partial charge in [-0.3, -0.25) is 0 Å². The first-order valence-electron chi connectivity index (χ1n) is 6.57. The molecule has 0 amide bonds. The fourth-order valence-corrected chi connectivity index (χ4v) is 2.47. The van der Waals surface area contributed by atoms with Crippen molar-refractivity contribution in [2.75, 3.05) is 0 Å². The number of nitrogens with zero attached hydrogens (tertiary/aromatic N) is 2. The summed E-state index contributed by atoms with van der Waals surface area (Å²) in [5, 5.41) is 0. The highest BCUT2D eigenvalue weighted by molar-refractivity contribution is 5.76. The normalized spacial score (nSPS) is 12.7. The van der Waals surface area contributed by atoms with Gasteiger partial charge in [-0.2, -0.15) is 0 Å². The fourth-order valence-electron chi connectivity index (χ4n) is 2.47. The first-order chi connectivity index (χ1) is 9.31. The highest BCUT2D eigenvalue weighted by Gasteiger charge is 2.17. The molecule has 19 heavy (non-hydrogen) atoms. The SMILES string of the molecule is CCn1c([C@@H](N)c2ccccc2)nc2ccccc21. The molecule has 1 heterocycles. The molecule has 0 unspecified atom stereocenters. The Morgan fingerprint density at radius 3 is 2.47 bits per heavy atom. The van der Waals surface area contributed by atoms with Gasteiger partial charge in [0.2, 0.25) is 0 Å². The lowest BCUT2D eigenvalue weighted by molar-refractivity contribution is 0.671. The second-order valence-electron chi connectivity index (χ2n) is 4.59. The average molecular weight is 251 g/mol. The van der Waals surface area contributed by atoms with Gasteiger partial charge < -0.3 is 10.3 Å². The van der Waals surface area contributed by atoms with Gasteiger partial charge in [0, 0.05) is 6.54 Å². The maximum absolute atomic E-state index is 6.37. The predicted molar refractivity (Wildman–Crippen MR) is 77.9 cm³/mol. The van der Waals surface area contributed by atoms with E-state index in [2.05, 4.69) is 17.6 Å². The lowest BCUT2D eigenvalue weighted by Crippen LogP contribution is -2.17. The average Bonchev–Trinajstić information content (AvgIpc) is 2.85. The molecule has 3 rings (SSSR count). The first-order valence-corrected chi connectivity index (χ1v) is 6.57. The molecule has 0 saturated heterocycles. The summed E-state index contributed by atoms with van der Waals surface area (Å²) in [6.45, 7) is 2.99. The van der Waals surface area contributed by atoms with E-state index in [4.69, 9.17) is 10.7 Å². The zero-order valence-corrected chi connectivity index (χ0v) is 11.0. The lowest BCUT2D eigenvalue weighted by atomic mass is 10.1. The minimum atomic E-state index is -0.187. The second kappa shape index (κ2) is 4.86. The molecule has 1 atom stereocenters. The minimum absolute atomic E-state index is 0.187. The van der Waals surface area contributed by atoms with Crippen LogP contribution in [0.25, 0.3) is 11.0 Å². The van der Waals surface area contributed by atoms with Crippen LogP contribution in [-0.2, 0) is 6.54 Å². The Morgan fingerprint density at radius 1 is 1.05 bits per heavy atom. The van der Waals surface area contributed by atoms with Gasteiger partial charge in [-0.05, 0) is 24.6 Å². The van der Waals surface area contributed by atoms with Crippen LogP contribution in [-0.4, -0.2) is 9.55 Å². The monoisotopic (exact) mass is 251 g/mol. The Kier molecular flexibility index (Phi) is 3.05. The van der Waals surface area contributed by atoms with Gasteiger partial charge in [0.15, 0.2) is 0 Å². The summed E-state index contributed by atoms with van der Waals surface area (Å²) in [7, 11) is 0. The molecular weight excluding hydrogens is 234 g/mol. The molecule has 0 saturated carbocycles. The standard InChI is InChI=1S/C16H17N3/c1-2-19-14-11-7-6-10-13(14)18-16(19)15(17)12-8-4-3-5-9-12/h3-11,15H,2,17H2,1H3/t15-/m0/s1. The molecule has 0 fully saturated rings. The van der Waals surface area contributed by atoms with Gasteiger partial charge in [0.25, 0.3) is 0 Å². The van der Waals surface area contributed by atoms with Crippen LogP contribution in [0.1, 0.15) is 24.4 Å². The molecule has 3 nitrogen and oxygen atoms in total. The summed E-state index contributed by atoms with van der Waals surface area (Å²) in [6.07, 6.45) is 0. The van der Waals surface area contributed by atoms with Crippen LogP contribution in [0.3, 0.4) is 0 Å². The maximum Gasteiger partial charge on any atom is 0.131 e. The summed E-state index contributed by atoms with van der Waals surface area (Å²) < 4.78 is 2.19. The third kappa shape index (κ3) is 2.02. The van der Waals surface area contributed by atoms with E-state index in [1.54, 1.807) is 0 Å². The van der Waals surface area contributed by atoms with Gasteiger partial charge in [-0.15, -0.1) is 0 Å². The molecule has 0 aliphatic heterocycles. The second-order valence-corrected chi connectivity index (χ2v) is 4.59. The summed E-state index contributed by atoms with van der Waals surface area (Å²) in [6, 6.07) is 18.1. The number of fused-ring (bicyclic) bond motifs is 1. The summed E-state index contributed by atoms with van der Waals surface area (Å²) in [5.74, 6) is 0.926. The highest BCUT2D eigenvalue weighted by atomic mass is 15.1. The Labute approximate surface area is 112 Å². The minimum Gasteiger partial charge on any atom is -0.327 e. The Morgan fingerprint density at radius 2 is 1.74 bits per heavy atom. The lowest BCUT2D eigenvalue weighted by Gasteiger charge is -2.13. The van der Waals surface area contributed by atoms with Gasteiger partial charge in [-0.25, -0.2) is 4.98 Å². The Bertz CT molecular complexity index is 686. The molecule has 2 N–H and O–H groups in total. The van der Waals surface area contributed by atoms with E-state index in [-0.39, 0.29) is 6.04 Å². The van der Waals surface area contributed by atoms with Crippen molar-refractivity contribution in [1.29, 1.82) is 0 Å². The van der Waals surface area contributed by atoms with Crippen molar-refractivity contribution in [2.24, 2.45) is 5.73 Å². The summed E-state index contributed by atoms with van der Waals surface area (Å²) >= 11 is 0. The molecular formula is C16H17N3. The van der Waals surface area contributed by atoms with E-state index in [1.165, 1.54) is 0 Å². The van der Waals surface area contributed by atoms with Crippen molar-refractivity contribution in [3.8, 4) is 0 Å². The van der Waals surface area contributed by atoms with E-state index in [0.717, 1.165) is 29.0 Å². The molecule has 0 radical (unpaired) electrons. The van der Waals surface area contributed by atoms with E-state index >= 15 is 0 Å². The van der Waals surface area contributed by atoms with Crippen LogP contribution < -0.4 is 5.73 Å². The van der Waals surface area contributed by atoms with E-state index in [0.29, 0.717) is 0 Å². The van der Waals surface area contributed by atoms with E-state index < -0.39 is 0 Å². The third-order valence-corrected chi connectivity index (χ3v) is 3.44. The van der Waals surface area contributed by atoms with E-state index in [9.17, 15) is 0 Å². The van der Waals surface area contributed by atoms with Crippen molar-refractivity contribution in [1.82, 2.24) is 9.55 Å². The van der Waals surface area contributed by atoms with Crippen molar-refractivity contribution in [3.05, 3.63) is 66.0 Å². The predicted octanol–water partition coefficient (Wildman–Crippen LogP) is 3.10. The van der Waals surface area contributed by atoms with Crippen molar-refractivity contribution < 1.29 is 0 Å². The zero-order chi connectivity index (χ0) is 13.2. The van der Waals surface area contributed by atoms with Gasteiger partial charge in [-0.1, -0.05) is 42.5 Å². The molecule has 0 aliphatic carbocycles. The van der Waals surface area contributed by atoms with Gasteiger partial charge in [0.1, 0.15) is 5.82 Å². The Hall–Kier alpha value is -2.13. The van der Waals surface area contributed by atoms with Gasteiger partial charge >= 0.3 is 0 Å². The van der Waals surface area contributed by atoms with Crippen LogP contribution >= 0.6 is 0 Å². The zero-order valence-electron chi connectivity index (χ0n) is 11.0. The third-order valence-electron chi connectivity index (χ3n) is 3.44. The molecule has 1 aromatic heterocycles. The molecule has 2 aromatic carbocycles. The van der Waals surface area contributed by atoms with Crippen LogP contribution in [0.5, 0.6) is 0 Å². The molecule has 3 heteroatoms. The van der Waals surface area contributed by atoms with Crippen molar-refractivity contribution in [2.45, 2.75) is 19.5 Å². The molecule has 3 aromatic rings. The topological polar surface area (TPSA) is 43.8 Å². The number of aryl methyl sites for hydroxylation is 1. The largest absolute Gasteiger partial charge is 0.327 e. The summed E-state index contributed by atoms with van der Waals surface area (Å²) in [5.41, 5.74) is 9.61. The van der Waals surface area contributed by atoms with Crippen LogP contribution in [0, 0.1) is 0 Å². The smallest absolute Gasteiger partial charge is 0.131 e. The number of aromatic nitrogens is 2. The quantitative estimate of drug-likeness (QED) is 0.777. The van der Waals surface area contributed by atoms with Crippen LogP contribution in [0.15, 0.2) is 54.6 Å². The fraction of sp³-hybridized carbons (Fsp3) is 0.188. The maximum atomic E-state index is 6.37. The number of hydrogen-bond acceptors (Lipinski definition) is 2. The number of imidazole rings is 1. The molecule has 0 bridgehead atoms. The van der Waals surface area contributed by atoms with Gasteiger partial charge in [0.05, 0.1) is 17.1 Å². The number of para-hydroxylation sites is 2. The van der Waals surface area contributed by atoms with Crippen LogP contribution in [0.2, 0.25) is 0 Å². The van der Waals surface area contributed by atoms with Crippen molar-refractivity contribution >= 4 is 11.0 Å². The first kappa shape index (κ1) is 11.9. The molecule has 0 aliphatic rings. The number of benzene rings is 2. The summed E-state index contributed by atoms with van der Waals surface area (Å²) in [4.78, 5) is 4.70. The number of hydrogen-bond donors (Lipinski definition) is 1. The highest BCUT2D eigenvalue weighted by Crippen LogP contribution is 2.23. The Balaban J connectivity index is 2.14. The molecule has 0 spiro atoms.